The number of thiocarbonyl (C=S) groups is 1. The van der Waals surface area contributed by atoms with Crippen LogP contribution in [0, 0.1) is 6.92 Å². The molecule has 1 saturated carbocycles. The minimum absolute atomic E-state index is 0.192. The normalized spacial score (nSPS) is 18.1. The first-order valence-electron chi connectivity index (χ1n) is 7.13. The van der Waals surface area contributed by atoms with E-state index in [1.165, 1.54) is 37.7 Å². The van der Waals surface area contributed by atoms with Crippen LogP contribution in [0.5, 0.6) is 0 Å². The Morgan fingerprint density at radius 1 is 1.42 bits per heavy atom. The van der Waals surface area contributed by atoms with Gasteiger partial charge in [-0.15, -0.1) is 0 Å². The van der Waals surface area contributed by atoms with Crippen LogP contribution in [0.25, 0.3) is 0 Å². The number of aryl methyl sites for hydroxylation is 2. The zero-order valence-corrected chi connectivity index (χ0v) is 12.9. The molecule has 0 amide bonds. The molecule has 1 unspecified atom stereocenters. The minimum atomic E-state index is 0.192. The second-order valence-electron chi connectivity index (χ2n) is 5.52. The molecule has 1 aromatic rings. The molecular formula is C14H24N4S. The summed E-state index contributed by atoms with van der Waals surface area (Å²) >= 11 is 5.41. The molecule has 1 heterocycles. The topological polar surface area (TPSA) is 41.9 Å². The lowest BCUT2D eigenvalue weighted by molar-refractivity contribution is 0.411. The maximum atomic E-state index is 5.41. The summed E-state index contributed by atoms with van der Waals surface area (Å²) in [5, 5.41) is 11.9. The Morgan fingerprint density at radius 3 is 2.68 bits per heavy atom. The Labute approximate surface area is 121 Å². The summed E-state index contributed by atoms with van der Waals surface area (Å²) < 4.78 is 1.85. The van der Waals surface area contributed by atoms with E-state index in [-0.39, 0.29) is 6.04 Å². The zero-order chi connectivity index (χ0) is 13.8. The average Bonchev–Trinajstić information content (AvgIpc) is 2.69. The molecule has 19 heavy (non-hydrogen) atoms. The maximum absolute atomic E-state index is 5.41. The summed E-state index contributed by atoms with van der Waals surface area (Å²) in [4.78, 5) is 0. The van der Waals surface area contributed by atoms with Gasteiger partial charge in [0.05, 0.1) is 11.7 Å². The van der Waals surface area contributed by atoms with Crippen molar-refractivity contribution in [2.24, 2.45) is 7.05 Å². The Bertz CT molecular complexity index is 435. The van der Waals surface area contributed by atoms with Gasteiger partial charge in [0.15, 0.2) is 5.11 Å². The third-order valence-corrected chi connectivity index (χ3v) is 4.04. The van der Waals surface area contributed by atoms with Gasteiger partial charge < -0.3 is 10.6 Å². The molecule has 0 radical (unpaired) electrons. The van der Waals surface area contributed by atoms with Crippen LogP contribution < -0.4 is 10.6 Å². The predicted molar refractivity (Wildman–Crippen MR) is 82.1 cm³/mol. The Hall–Kier alpha value is -1.10. The van der Waals surface area contributed by atoms with Crippen molar-refractivity contribution in [1.29, 1.82) is 0 Å². The van der Waals surface area contributed by atoms with Crippen molar-refractivity contribution in [2.45, 2.75) is 58.0 Å². The van der Waals surface area contributed by atoms with Crippen LogP contribution in [-0.2, 0) is 7.05 Å². The predicted octanol–water partition coefficient (Wildman–Crippen LogP) is 2.59. The standard InChI is InChI=1S/C14H24N4S/c1-10(13-9-18(3)17-11(13)2)15-14(19)16-12-7-5-4-6-8-12/h9-10,12H,4-8H2,1-3H3,(H2,15,16,19). The molecule has 4 nitrogen and oxygen atoms in total. The van der Waals surface area contributed by atoms with Crippen molar-refractivity contribution in [2.75, 3.05) is 0 Å². The van der Waals surface area contributed by atoms with Crippen LogP contribution in [0.1, 0.15) is 56.3 Å². The molecule has 106 valence electrons. The van der Waals surface area contributed by atoms with Gasteiger partial charge in [-0.2, -0.15) is 5.10 Å². The Morgan fingerprint density at radius 2 is 2.11 bits per heavy atom. The number of rotatable bonds is 3. The van der Waals surface area contributed by atoms with E-state index in [4.69, 9.17) is 12.2 Å². The molecule has 5 heteroatoms. The molecule has 0 saturated heterocycles. The molecule has 0 bridgehead atoms. The first-order valence-corrected chi connectivity index (χ1v) is 7.54. The van der Waals surface area contributed by atoms with Gasteiger partial charge in [0, 0.05) is 24.8 Å². The molecule has 2 N–H and O–H groups in total. The third-order valence-electron chi connectivity index (χ3n) is 3.81. The highest BCUT2D eigenvalue weighted by Gasteiger charge is 2.16. The van der Waals surface area contributed by atoms with Crippen molar-refractivity contribution in [3.63, 3.8) is 0 Å². The second-order valence-corrected chi connectivity index (χ2v) is 5.93. The van der Waals surface area contributed by atoms with E-state index in [9.17, 15) is 0 Å². The maximum Gasteiger partial charge on any atom is 0.166 e. The molecule has 1 fully saturated rings. The monoisotopic (exact) mass is 280 g/mol. The van der Waals surface area contributed by atoms with E-state index in [1.54, 1.807) is 0 Å². The van der Waals surface area contributed by atoms with Crippen LogP contribution in [0.3, 0.4) is 0 Å². The Kier molecular flexibility index (Phi) is 4.80. The zero-order valence-electron chi connectivity index (χ0n) is 12.1. The third kappa shape index (κ3) is 3.93. The van der Waals surface area contributed by atoms with E-state index >= 15 is 0 Å². The van der Waals surface area contributed by atoms with Gasteiger partial charge >= 0.3 is 0 Å². The molecule has 1 aliphatic carbocycles. The summed E-state index contributed by atoms with van der Waals surface area (Å²) in [5.74, 6) is 0. The summed E-state index contributed by atoms with van der Waals surface area (Å²) in [5.41, 5.74) is 2.26. The number of aromatic nitrogens is 2. The van der Waals surface area contributed by atoms with Crippen molar-refractivity contribution < 1.29 is 0 Å². The Balaban J connectivity index is 1.86. The number of hydrogen-bond donors (Lipinski definition) is 2. The highest BCUT2D eigenvalue weighted by molar-refractivity contribution is 7.80. The molecule has 0 aromatic carbocycles. The number of nitrogens with one attached hydrogen (secondary N) is 2. The van der Waals surface area contributed by atoms with E-state index in [2.05, 4.69) is 28.9 Å². The van der Waals surface area contributed by atoms with Gasteiger partial charge in [0.25, 0.3) is 0 Å². The lowest BCUT2D eigenvalue weighted by Gasteiger charge is -2.25. The lowest BCUT2D eigenvalue weighted by Crippen LogP contribution is -2.43. The van der Waals surface area contributed by atoms with Crippen molar-refractivity contribution in [1.82, 2.24) is 20.4 Å². The fourth-order valence-electron chi connectivity index (χ4n) is 2.79. The molecule has 1 aliphatic rings. The van der Waals surface area contributed by atoms with Crippen LogP contribution in [0.2, 0.25) is 0 Å². The number of hydrogen-bond acceptors (Lipinski definition) is 2. The van der Waals surface area contributed by atoms with Gasteiger partial charge in [-0.25, -0.2) is 0 Å². The highest BCUT2D eigenvalue weighted by Crippen LogP contribution is 2.18. The summed E-state index contributed by atoms with van der Waals surface area (Å²) in [6.45, 7) is 4.16. The van der Waals surface area contributed by atoms with Crippen molar-refractivity contribution in [3.8, 4) is 0 Å². The molecule has 1 aromatic heterocycles. The van der Waals surface area contributed by atoms with Crippen LogP contribution in [0.4, 0.5) is 0 Å². The molecule has 0 spiro atoms. The minimum Gasteiger partial charge on any atom is -0.360 e. The lowest BCUT2D eigenvalue weighted by atomic mass is 9.96. The summed E-state index contributed by atoms with van der Waals surface area (Å²) in [6, 6.07) is 0.744. The van der Waals surface area contributed by atoms with Gasteiger partial charge in [-0.05, 0) is 38.9 Å². The first-order chi connectivity index (χ1) is 9.06. The fourth-order valence-corrected chi connectivity index (χ4v) is 3.13. The second kappa shape index (κ2) is 6.37. The van der Waals surface area contributed by atoms with E-state index in [0.29, 0.717) is 6.04 Å². The van der Waals surface area contributed by atoms with Crippen LogP contribution >= 0.6 is 12.2 Å². The molecule has 0 aliphatic heterocycles. The molecule has 2 rings (SSSR count). The van der Waals surface area contributed by atoms with E-state index < -0.39 is 0 Å². The quantitative estimate of drug-likeness (QED) is 0.835. The molecular weight excluding hydrogens is 256 g/mol. The van der Waals surface area contributed by atoms with Gasteiger partial charge in [0.1, 0.15) is 0 Å². The van der Waals surface area contributed by atoms with Crippen molar-refractivity contribution in [3.05, 3.63) is 17.5 Å². The summed E-state index contributed by atoms with van der Waals surface area (Å²) in [7, 11) is 1.95. The molecule has 1 atom stereocenters. The summed E-state index contributed by atoms with van der Waals surface area (Å²) in [6.07, 6.45) is 8.53. The van der Waals surface area contributed by atoms with Crippen LogP contribution in [0.15, 0.2) is 6.20 Å². The number of nitrogens with zero attached hydrogens (tertiary/aromatic N) is 2. The van der Waals surface area contributed by atoms with Crippen LogP contribution in [-0.4, -0.2) is 20.9 Å². The smallest absolute Gasteiger partial charge is 0.166 e. The highest BCUT2D eigenvalue weighted by atomic mass is 32.1. The SMILES string of the molecule is Cc1nn(C)cc1C(C)NC(=S)NC1CCCCC1. The average molecular weight is 280 g/mol. The van der Waals surface area contributed by atoms with E-state index in [0.717, 1.165) is 10.8 Å². The largest absolute Gasteiger partial charge is 0.360 e. The van der Waals surface area contributed by atoms with E-state index in [1.807, 2.05) is 18.7 Å². The van der Waals surface area contributed by atoms with Gasteiger partial charge in [0.2, 0.25) is 0 Å². The van der Waals surface area contributed by atoms with Crippen molar-refractivity contribution >= 4 is 17.3 Å². The fraction of sp³-hybridized carbons (Fsp3) is 0.714. The first kappa shape index (κ1) is 14.3. The van der Waals surface area contributed by atoms with Gasteiger partial charge in [-0.3, -0.25) is 4.68 Å². The van der Waals surface area contributed by atoms with Gasteiger partial charge in [-0.1, -0.05) is 19.3 Å².